The summed E-state index contributed by atoms with van der Waals surface area (Å²) in [5, 5.41) is 2.83. The monoisotopic (exact) mass is 307 g/mol. The van der Waals surface area contributed by atoms with Crippen LogP contribution in [0.25, 0.3) is 0 Å². The van der Waals surface area contributed by atoms with E-state index in [9.17, 15) is 4.79 Å². The van der Waals surface area contributed by atoms with E-state index in [1.165, 1.54) is 0 Å². The van der Waals surface area contributed by atoms with Crippen molar-refractivity contribution in [2.24, 2.45) is 0 Å². The molecule has 1 aromatic rings. The van der Waals surface area contributed by atoms with Gasteiger partial charge in [0.2, 0.25) is 0 Å². The Labute approximate surface area is 131 Å². The number of ether oxygens (including phenoxy) is 3. The molecule has 1 aliphatic rings. The van der Waals surface area contributed by atoms with E-state index in [4.69, 9.17) is 14.2 Å². The van der Waals surface area contributed by atoms with Gasteiger partial charge in [-0.15, -0.1) is 0 Å². The predicted octanol–water partition coefficient (Wildman–Crippen LogP) is 2.54. The minimum atomic E-state index is -0.126. The van der Waals surface area contributed by atoms with Crippen LogP contribution in [0.1, 0.15) is 32.6 Å². The van der Waals surface area contributed by atoms with E-state index in [0.717, 1.165) is 44.6 Å². The Kier molecular flexibility index (Phi) is 7.03. The lowest BCUT2D eigenvalue weighted by Gasteiger charge is -2.11. The van der Waals surface area contributed by atoms with E-state index >= 15 is 0 Å². The molecule has 122 valence electrons. The van der Waals surface area contributed by atoms with Gasteiger partial charge in [-0.25, -0.2) is 0 Å². The van der Waals surface area contributed by atoms with Crippen molar-refractivity contribution >= 4 is 5.91 Å². The highest BCUT2D eigenvalue weighted by atomic mass is 16.5. The Morgan fingerprint density at radius 1 is 1.27 bits per heavy atom. The fourth-order valence-corrected chi connectivity index (χ4v) is 2.20. The van der Waals surface area contributed by atoms with Crippen molar-refractivity contribution in [2.45, 2.75) is 38.7 Å². The van der Waals surface area contributed by atoms with Crippen molar-refractivity contribution in [3.8, 4) is 11.5 Å². The first-order chi connectivity index (χ1) is 10.8. The van der Waals surface area contributed by atoms with Crippen LogP contribution in [-0.2, 0) is 9.53 Å². The standard InChI is InChI=1S/C17H25NO4/c1-2-3-10-20-14-6-8-15(9-7-14)22-13-17(19)18-12-16-5-4-11-21-16/h6-9,16H,2-5,10-13H2,1H3,(H,18,19). The number of benzene rings is 1. The summed E-state index contributed by atoms with van der Waals surface area (Å²) < 4.78 is 16.5. The summed E-state index contributed by atoms with van der Waals surface area (Å²) in [6, 6.07) is 7.34. The minimum absolute atomic E-state index is 0.0166. The molecule has 1 aliphatic heterocycles. The second-order valence-electron chi connectivity index (χ2n) is 5.40. The molecule has 1 heterocycles. The second kappa shape index (κ2) is 9.30. The molecule has 1 saturated heterocycles. The topological polar surface area (TPSA) is 56.8 Å². The zero-order valence-corrected chi connectivity index (χ0v) is 13.2. The van der Waals surface area contributed by atoms with E-state index in [1.54, 1.807) is 0 Å². The number of hydrogen-bond donors (Lipinski definition) is 1. The van der Waals surface area contributed by atoms with Gasteiger partial charge in [0.1, 0.15) is 11.5 Å². The molecule has 0 radical (unpaired) electrons. The largest absolute Gasteiger partial charge is 0.494 e. The first-order valence-corrected chi connectivity index (χ1v) is 8.02. The molecule has 1 amide bonds. The van der Waals surface area contributed by atoms with Crippen LogP contribution in [0.3, 0.4) is 0 Å². The summed E-state index contributed by atoms with van der Waals surface area (Å²) in [6.45, 7) is 4.23. The molecular weight excluding hydrogens is 282 g/mol. The highest BCUT2D eigenvalue weighted by molar-refractivity contribution is 5.77. The molecule has 0 bridgehead atoms. The molecule has 0 aromatic heterocycles. The molecular formula is C17H25NO4. The van der Waals surface area contributed by atoms with Crippen LogP contribution in [-0.4, -0.2) is 38.4 Å². The van der Waals surface area contributed by atoms with Crippen molar-refractivity contribution in [2.75, 3.05) is 26.4 Å². The van der Waals surface area contributed by atoms with E-state index in [0.29, 0.717) is 12.3 Å². The van der Waals surface area contributed by atoms with Crippen molar-refractivity contribution in [3.05, 3.63) is 24.3 Å². The minimum Gasteiger partial charge on any atom is -0.494 e. The Balaban J connectivity index is 1.64. The van der Waals surface area contributed by atoms with Crippen LogP contribution in [0, 0.1) is 0 Å². The number of unbranched alkanes of at least 4 members (excludes halogenated alkanes) is 1. The van der Waals surface area contributed by atoms with Gasteiger partial charge < -0.3 is 19.5 Å². The van der Waals surface area contributed by atoms with Gasteiger partial charge in [-0.1, -0.05) is 13.3 Å². The molecule has 1 aromatic carbocycles. The van der Waals surface area contributed by atoms with Gasteiger partial charge in [0.05, 0.1) is 12.7 Å². The Bertz CT molecular complexity index is 440. The normalized spacial score (nSPS) is 17.2. The third-order valence-electron chi connectivity index (χ3n) is 3.51. The summed E-state index contributed by atoms with van der Waals surface area (Å²) in [5.41, 5.74) is 0. The highest BCUT2D eigenvalue weighted by Gasteiger charge is 2.16. The molecule has 0 aliphatic carbocycles. The molecule has 1 unspecified atom stereocenters. The van der Waals surface area contributed by atoms with Gasteiger partial charge in [-0.2, -0.15) is 0 Å². The SMILES string of the molecule is CCCCOc1ccc(OCC(=O)NCC2CCCO2)cc1. The lowest BCUT2D eigenvalue weighted by atomic mass is 10.2. The number of carbonyl (C=O) groups excluding carboxylic acids is 1. The van der Waals surface area contributed by atoms with Gasteiger partial charge in [-0.3, -0.25) is 4.79 Å². The smallest absolute Gasteiger partial charge is 0.258 e. The number of carbonyl (C=O) groups is 1. The summed E-state index contributed by atoms with van der Waals surface area (Å²) in [7, 11) is 0. The van der Waals surface area contributed by atoms with Gasteiger partial charge in [-0.05, 0) is 43.5 Å². The molecule has 5 heteroatoms. The van der Waals surface area contributed by atoms with Crippen molar-refractivity contribution in [1.82, 2.24) is 5.32 Å². The van der Waals surface area contributed by atoms with E-state index in [2.05, 4.69) is 12.2 Å². The number of rotatable bonds is 9. The molecule has 0 saturated carbocycles. The van der Waals surface area contributed by atoms with Gasteiger partial charge in [0.15, 0.2) is 6.61 Å². The number of nitrogens with one attached hydrogen (secondary N) is 1. The van der Waals surface area contributed by atoms with Gasteiger partial charge in [0, 0.05) is 13.2 Å². The summed E-state index contributed by atoms with van der Waals surface area (Å²) >= 11 is 0. The van der Waals surface area contributed by atoms with Gasteiger partial charge >= 0.3 is 0 Å². The lowest BCUT2D eigenvalue weighted by Crippen LogP contribution is -2.35. The third kappa shape index (κ3) is 5.93. The van der Waals surface area contributed by atoms with E-state index in [1.807, 2.05) is 24.3 Å². The Morgan fingerprint density at radius 2 is 2.00 bits per heavy atom. The summed E-state index contributed by atoms with van der Waals surface area (Å²) in [6.07, 6.45) is 4.40. The van der Waals surface area contributed by atoms with Crippen LogP contribution in [0.5, 0.6) is 11.5 Å². The summed E-state index contributed by atoms with van der Waals surface area (Å²) in [4.78, 5) is 11.7. The number of hydrogen-bond acceptors (Lipinski definition) is 4. The number of amides is 1. The average Bonchev–Trinajstić information content (AvgIpc) is 3.06. The van der Waals surface area contributed by atoms with E-state index in [-0.39, 0.29) is 18.6 Å². The van der Waals surface area contributed by atoms with Crippen LogP contribution in [0.2, 0.25) is 0 Å². The maximum absolute atomic E-state index is 11.7. The second-order valence-corrected chi connectivity index (χ2v) is 5.40. The first-order valence-electron chi connectivity index (χ1n) is 8.02. The van der Waals surface area contributed by atoms with E-state index < -0.39 is 0 Å². The maximum atomic E-state index is 11.7. The van der Waals surface area contributed by atoms with Crippen molar-refractivity contribution in [3.63, 3.8) is 0 Å². The van der Waals surface area contributed by atoms with Crippen LogP contribution in [0.4, 0.5) is 0 Å². The molecule has 0 spiro atoms. The van der Waals surface area contributed by atoms with Crippen LogP contribution >= 0.6 is 0 Å². The Morgan fingerprint density at radius 3 is 2.64 bits per heavy atom. The van der Waals surface area contributed by atoms with Crippen molar-refractivity contribution in [1.29, 1.82) is 0 Å². The zero-order valence-electron chi connectivity index (χ0n) is 13.2. The highest BCUT2D eigenvalue weighted by Crippen LogP contribution is 2.17. The quantitative estimate of drug-likeness (QED) is 0.712. The zero-order chi connectivity index (χ0) is 15.6. The molecule has 2 rings (SSSR count). The molecule has 1 atom stereocenters. The third-order valence-corrected chi connectivity index (χ3v) is 3.51. The van der Waals surface area contributed by atoms with Crippen LogP contribution < -0.4 is 14.8 Å². The van der Waals surface area contributed by atoms with Gasteiger partial charge in [0.25, 0.3) is 5.91 Å². The first kappa shape index (κ1) is 16.6. The van der Waals surface area contributed by atoms with Crippen molar-refractivity contribution < 1.29 is 19.0 Å². The molecule has 22 heavy (non-hydrogen) atoms. The fraction of sp³-hybridized carbons (Fsp3) is 0.588. The van der Waals surface area contributed by atoms with Crippen LogP contribution in [0.15, 0.2) is 24.3 Å². The molecule has 1 fully saturated rings. The fourth-order valence-electron chi connectivity index (χ4n) is 2.20. The molecule has 1 N–H and O–H groups in total. The Hall–Kier alpha value is -1.75. The lowest BCUT2D eigenvalue weighted by molar-refractivity contribution is -0.123. The average molecular weight is 307 g/mol. The predicted molar refractivity (Wildman–Crippen MR) is 84.3 cm³/mol. The molecule has 5 nitrogen and oxygen atoms in total. The summed E-state index contributed by atoms with van der Waals surface area (Å²) in [5.74, 6) is 1.36. The maximum Gasteiger partial charge on any atom is 0.258 e.